The number of hydrogen-bond acceptors (Lipinski definition) is 1. The van der Waals surface area contributed by atoms with Gasteiger partial charge in [-0.1, -0.05) is 11.6 Å². The molecule has 1 aromatic carbocycles. The van der Waals surface area contributed by atoms with Crippen LogP contribution in [-0.4, -0.2) is 16.1 Å². The standard InChI is InChI=1S/C11H10ClNO2/c1-5-3-7-8(4-6(5)2)13-10(12)9(7)11(14)15/h3-4,13H,1-2H3,(H,14,15). The van der Waals surface area contributed by atoms with Crippen molar-refractivity contribution in [1.29, 1.82) is 0 Å². The van der Waals surface area contributed by atoms with E-state index in [0.29, 0.717) is 5.39 Å². The van der Waals surface area contributed by atoms with Crippen LogP contribution in [0.2, 0.25) is 5.15 Å². The Labute approximate surface area is 91.7 Å². The Kier molecular flexibility index (Phi) is 2.20. The number of fused-ring (bicyclic) bond motifs is 1. The number of rotatable bonds is 1. The van der Waals surface area contributed by atoms with E-state index in [9.17, 15) is 4.79 Å². The van der Waals surface area contributed by atoms with Crippen molar-refractivity contribution < 1.29 is 9.90 Å². The van der Waals surface area contributed by atoms with E-state index in [1.165, 1.54) is 0 Å². The number of benzene rings is 1. The van der Waals surface area contributed by atoms with Crippen LogP contribution < -0.4 is 0 Å². The summed E-state index contributed by atoms with van der Waals surface area (Å²) in [5.74, 6) is -1.01. The molecule has 0 radical (unpaired) electrons. The van der Waals surface area contributed by atoms with Gasteiger partial charge in [0.25, 0.3) is 0 Å². The molecule has 2 rings (SSSR count). The second-order valence-corrected chi connectivity index (χ2v) is 3.98. The normalized spacial score (nSPS) is 10.9. The monoisotopic (exact) mass is 223 g/mol. The molecular formula is C11H10ClNO2. The molecule has 0 aliphatic rings. The quantitative estimate of drug-likeness (QED) is 0.780. The van der Waals surface area contributed by atoms with Crippen LogP contribution in [0.15, 0.2) is 12.1 Å². The SMILES string of the molecule is Cc1cc2[nH]c(Cl)c(C(=O)O)c2cc1C. The molecular weight excluding hydrogens is 214 g/mol. The number of nitrogens with one attached hydrogen (secondary N) is 1. The van der Waals surface area contributed by atoms with Crippen molar-refractivity contribution in [2.45, 2.75) is 13.8 Å². The molecule has 15 heavy (non-hydrogen) atoms. The molecule has 0 fully saturated rings. The van der Waals surface area contributed by atoms with Crippen molar-refractivity contribution in [3.05, 3.63) is 34.0 Å². The summed E-state index contributed by atoms with van der Waals surface area (Å²) < 4.78 is 0. The van der Waals surface area contributed by atoms with Crippen LogP contribution in [0.4, 0.5) is 0 Å². The lowest BCUT2D eigenvalue weighted by Gasteiger charge is -1.99. The molecule has 0 bridgehead atoms. The number of aromatic carboxylic acids is 1. The molecule has 0 saturated carbocycles. The molecule has 0 aliphatic heterocycles. The topological polar surface area (TPSA) is 53.1 Å². The lowest BCUT2D eigenvalue weighted by atomic mass is 10.1. The number of aryl methyl sites for hydroxylation is 2. The number of aromatic nitrogens is 1. The van der Waals surface area contributed by atoms with Gasteiger partial charge in [0.15, 0.2) is 0 Å². The molecule has 0 amide bonds. The number of aromatic amines is 1. The maximum atomic E-state index is 11.0. The summed E-state index contributed by atoms with van der Waals surface area (Å²) in [7, 11) is 0. The maximum Gasteiger partial charge on any atom is 0.339 e. The molecule has 0 atom stereocenters. The van der Waals surface area contributed by atoms with Gasteiger partial charge in [-0.3, -0.25) is 0 Å². The molecule has 0 unspecified atom stereocenters. The fourth-order valence-corrected chi connectivity index (χ4v) is 1.92. The zero-order chi connectivity index (χ0) is 11.2. The highest BCUT2D eigenvalue weighted by Crippen LogP contribution is 2.28. The molecule has 1 heterocycles. The van der Waals surface area contributed by atoms with Gasteiger partial charge in [-0.25, -0.2) is 4.79 Å². The highest BCUT2D eigenvalue weighted by Gasteiger charge is 2.16. The van der Waals surface area contributed by atoms with Crippen molar-refractivity contribution in [2.75, 3.05) is 0 Å². The Morgan fingerprint density at radius 3 is 2.53 bits per heavy atom. The molecule has 0 spiro atoms. The van der Waals surface area contributed by atoms with E-state index < -0.39 is 5.97 Å². The number of carboxylic acid groups (broad SMARTS) is 1. The minimum Gasteiger partial charge on any atom is -0.478 e. The second-order valence-electron chi connectivity index (χ2n) is 3.60. The first-order valence-corrected chi connectivity index (χ1v) is 4.90. The summed E-state index contributed by atoms with van der Waals surface area (Å²) in [6, 6.07) is 3.75. The summed E-state index contributed by atoms with van der Waals surface area (Å²) >= 11 is 5.83. The first-order valence-electron chi connectivity index (χ1n) is 4.52. The second kappa shape index (κ2) is 3.28. The van der Waals surface area contributed by atoms with Gasteiger partial charge in [0.1, 0.15) is 10.7 Å². The molecule has 78 valence electrons. The molecule has 0 aliphatic carbocycles. The van der Waals surface area contributed by atoms with Crippen molar-refractivity contribution in [1.82, 2.24) is 4.98 Å². The number of hydrogen-bond donors (Lipinski definition) is 2. The van der Waals surface area contributed by atoms with E-state index >= 15 is 0 Å². The van der Waals surface area contributed by atoms with Crippen molar-refractivity contribution >= 4 is 28.5 Å². The Morgan fingerprint density at radius 1 is 1.33 bits per heavy atom. The van der Waals surface area contributed by atoms with E-state index in [-0.39, 0.29) is 10.7 Å². The molecule has 4 heteroatoms. The predicted molar refractivity (Wildman–Crippen MR) is 59.7 cm³/mol. The van der Waals surface area contributed by atoms with Crippen molar-refractivity contribution in [3.8, 4) is 0 Å². The van der Waals surface area contributed by atoms with Gasteiger partial charge in [0.2, 0.25) is 0 Å². The number of H-pyrrole nitrogens is 1. The van der Waals surface area contributed by atoms with Gasteiger partial charge in [0, 0.05) is 10.9 Å². The van der Waals surface area contributed by atoms with Crippen molar-refractivity contribution in [3.63, 3.8) is 0 Å². The highest BCUT2D eigenvalue weighted by molar-refractivity contribution is 6.34. The number of halogens is 1. The maximum absolute atomic E-state index is 11.0. The van der Waals surface area contributed by atoms with Gasteiger partial charge in [-0.15, -0.1) is 0 Å². The fraction of sp³-hybridized carbons (Fsp3) is 0.182. The summed E-state index contributed by atoms with van der Waals surface area (Å²) in [5, 5.41) is 9.85. The molecule has 0 saturated heterocycles. The number of carbonyl (C=O) groups is 1. The van der Waals surface area contributed by atoms with E-state index in [2.05, 4.69) is 4.98 Å². The lowest BCUT2D eigenvalue weighted by Crippen LogP contribution is -1.95. The average Bonchev–Trinajstić information content (AvgIpc) is 2.41. The zero-order valence-electron chi connectivity index (χ0n) is 8.39. The molecule has 1 aromatic heterocycles. The van der Waals surface area contributed by atoms with Crippen LogP contribution in [0.1, 0.15) is 21.5 Å². The fourth-order valence-electron chi connectivity index (χ4n) is 1.63. The van der Waals surface area contributed by atoms with Gasteiger partial charge in [0.05, 0.1) is 0 Å². The smallest absolute Gasteiger partial charge is 0.339 e. The average molecular weight is 224 g/mol. The minimum atomic E-state index is -1.01. The lowest BCUT2D eigenvalue weighted by molar-refractivity contribution is 0.0699. The third kappa shape index (κ3) is 1.49. The van der Waals surface area contributed by atoms with Crippen LogP contribution in [0.25, 0.3) is 10.9 Å². The van der Waals surface area contributed by atoms with Crippen LogP contribution in [-0.2, 0) is 0 Å². The Bertz CT molecular complexity index is 557. The van der Waals surface area contributed by atoms with Crippen molar-refractivity contribution in [2.24, 2.45) is 0 Å². The molecule has 2 aromatic rings. The van der Waals surface area contributed by atoms with E-state index in [1.807, 2.05) is 26.0 Å². The summed E-state index contributed by atoms with van der Waals surface area (Å²) in [5.41, 5.74) is 3.08. The molecule has 3 nitrogen and oxygen atoms in total. The van der Waals surface area contributed by atoms with E-state index in [0.717, 1.165) is 16.6 Å². The predicted octanol–water partition coefficient (Wildman–Crippen LogP) is 3.14. The van der Waals surface area contributed by atoms with Gasteiger partial charge in [-0.2, -0.15) is 0 Å². The van der Waals surface area contributed by atoms with Crippen LogP contribution >= 0.6 is 11.6 Å². The third-order valence-electron chi connectivity index (χ3n) is 2.58. The molecule has 2 N–H and O–H groups in total. The first kappa shape index (κ1) is 10.1. The summed E-state index contributed by atoms with van der Waals surface area (Å²) in [6.07, 6.45) is 0. The minimum absolute atomic E-state index is 0.148. The largest absolute Gasteiger partial charge is 0.478 e. The van der Waals surface area contributed by atoms with Crippen LogP contribution in [0, 0.1) is 13.8 Å². The Balaban J connectivity index is 2.87. The Morgan fingerprint density at radius 2 is 1.93 bits per heavy atom. The Hall–Kier alpha value is -1.48. The first-order chi connectivity index (χ1) is 7.00. The third-order valence-corrected chi connectivity index (χ3v) is 2.86. The van der Waals surface area contributed by atoms with Gasteiger partial charge < -0.3 is 10.1 Å². The van der Waals surface area contributed by atoms with E-state index in [4.69, 9.17) is 16.7 Å². The summed E-state index contributed by atoms with van der Waals surface area (Å²) in [6.45, 7) is 3.92. The number of carboxylic acids is 1. The van der Waals surface area contributed by atoms with Gasteiger partial charge >= 0.3 is 5.97 Å². The zero-order valence-corrected chi connectivity index (χ0v) is 9.14. The van der Waals surface area contributed by atoms with Crippen LogP contribution in [0.5, 0.6) is 0 Å². The highest BCUT2D eigenvalue weighted by atomic mass is 35.5. The van der Waals surface area contributed by atoms with Crippen LogP contribution in [0.3, 0.4) is 0 Å². The van der Waals surface area contributed by atoms with E-state index in [1.54, 1.807) is 0 Å². The van der Waals surface area contributed by atoms with Gasteiger partial charge in [-0.05, 0) is 37.1 Å². The summed E-state index contributed by atoms with van der Waals surface area (Å²) in [4.78, 5) is 13.8.